The van der Waals surface area contributed by atoms with Gasteiger partial charge in [-0.15, -0.1) is 0 Å². The number of rotatable bonds is 14. The van der Waals surface area contributed by atoms with Crippen LogP contribution in [0.15, 0.2) is 52.3 Å². The molecular formula is C34H43N7O11S. The zero-order valence-electron chi connectivity index (χ0n) is 29.8. The number of piperazine rings is 1. The molecule has 19 heteroatoms. The number of hydrogen-bond donors (Lipinski definition) is 4. The zero-order chi connectivity index (χ0) is 39.1. The summed E-state index contributed by atoms with van der Waals surface area (Å²) in [6.45, 7) is 9.59. The molecule has 286 valence electrons. The number of likely N-dealkylation sites (N-methyl/N-ethyl adjacent to an activating group) is 1. The van der Waals surface area contributed by atoms with Crippen LogP contribution in [0.25, 0.3) is 28.2 Å². The lowest BCUT2D eigenvalue weighted by atomic mass is 9.96. The molecule has 0 amide bonds. The smallest absolute Gasteiger partial charge is 0.336 e. The number of nitrogens with zero attached hydrogens (tertiary/aromatic N) is 7. The van der Waals surface area contributed by atoms with Crippen molar-refractivity contribution in [3.8, 4) is 23.0 Å². The van der Waals surface area contributed by atoms with Crippen molar-refractivity contribution in [1.29, 1.82) is 0 Å². The number of aliphatic carboxylic acids is 3. The summed E-state index contributed by atoms with van der Waals surface area (Å²) >= 11 is 0. The molecular weight excluding hydrogens is 714 g/mol. The van der Waals surface area contributed by atoms with Crippen LogP contribution < -0.4 is 10.3 Å². The summed E-state index contributed by atoms with van der Waals surface area (Å²) in [5.41, 5.74) is -1.22. The number of sulfonamides is 1. The molecule has 0 aliphatic carbocycles. The first-order chi connectivity index (χ1) is 25.1. The van der Waals surface area contributed by atoms with E-state index in [0.717, 1.165) is 18.7 Å². The van der Waals surface area contributed by atoms with E-state index in [9.17, 15) is 27.6 Å². The molecule has 4 N–H and O–H groups in total. The number of carboxylic acids is 3. The molecule has 0 unspecified atom stereocenters. The largest absolute Gasteiger partial charge is 0.493 e. The lowest BCUT2D eigenvalue weighted by Gasteiger charge is -2.33. The third-order valence-corrected chi connectivity index (χ3v) is 10.4. The quantitative estimate of drug-likeness (QED) is 0.143. The maximum Gasteiger partial charge on any atom is 0.336 e. The summed E-state index contributed by atoms with van der Waals surface area (Å²) in [6.07, 6.45) is 0.709. The molecule has 53 heavy (non-hydrogen) atoms. The van der Waals surface area contributed by atoms with Crippen molar-refractivity contribution in [1.82, 2.24) is 33.5 Å². The van der Waals surface area contributed by atoms with Crippen LogP contribution in [0.5, 0.6) is 5.75 Å². The minimum atomic E-state index is -3.76. The van der Waals surface area contributed by atoms with E-state index in [1.54, 1.807) is 36.1 Å². The first kappa shape index (κ1) is 40.5. The van der Waals surface area contributed by atoms with Gasteiger partial charge in [-0.2, -0.15) is 9.40 Å². The van der Waals surface area contributed by atoms with Gasteiger partial charge in [0.1, 0.15) is 17.1 Å². The highest BCUT2D eigenvalue weighted by Crippen LogP contribution is 2.33. The first-order valence-corrected chi connectivity index (χ1v) is 18.3. The van der Waals surface area contributed by atoms with Crippen molar-refractivity contribution in [3.63, 3.8) is 0 Å². The third kappa shape index (κ3) is 9.05. The predicted octanol–water partition coefficient (Wildman–Crippen LogP) is 1.61. The minimum absolute atomic E-state index is 0.144. The molecule has 4 heterocycles. The minimum Gasteiger partial charge on any atom is -0.493 e. The standard InChI is InChI=1S/C28H35N7O4S.C6H8O7/c1-5-18-39-23-12-11-20(40(37,38)34-16-14-33(7-3)15-17-34)19-21(23)27-30-25-22(6-2)35(24-10-8-9-13-29-24)31-26(25)28(36)32(27)4;7-3(8)1-6(13,5(11)12)2-4(9)10/h8-13,19H,5-7,14-18H2,1-4H3;13H,1-2H2,(H,7,8)(H,9,10)(H,11,12). The summed E-state index contributed by atoms with van der Waals surface area (Å²) in [4.78, 5) is 55.8. The van der Waals surface area contributed by atoms with Gasteiger partial charge < -0.3 is 30.1 Å². The molecule has 0 atom stereocenters. The lowest BCUT2D eigenvalue weighted by molar-refractivity contribution is -0.170. The van der Waals surface area contributed by atoms with Crippen molar-refractivity contribution in [3.05, 3.63) is 58.6 Å². The van der Waals surface area contributed by atoms with Gasteiger partial charge in [-0.25, -0.2) is 27.9 Å². The number of carboxylic acid groups (broad SMARTS) is 3. The fourth-order valence-electron chi connectivity index (χ4n) is 5.70. The molecule has 3 aromatic heterocycles. The maximum absolute atomic E-state index is 13.7. The Balaban J connectivity index is 0.000000413. The van der Waals surface area contributed by atoms with Gasteiger partial charge in [-0.1, -0.05) is 26.8 Å². The Kier molecular flexibility index (Phi) is 13.0. The number of carbonyl (C=O) groups is 3. The second kappa shape index (κ2) is 17.1. The van der Waals surface area contributed by atoms with Gasteiger partial charge in [-0.05, 0) is 49.7 Å². The van der Waals surface area contributed by atoms with E-state index in [2.05, 4.69) is 21.9 Å². The Labute approximate surface area is 304 Å². The first-order valence-electron chi connectivity index (χ1n) is 16.9. The fraction of sp³-hybridized carbons (Fsp3) is 0.441. The Morgan fingerprint density at radius 2 is 1.60 bits per heavy atom. The van der Waals surface area contributed by atoms with Crippen LogP contribution >= 0.6 is 0 Å². The normalized spacial score (nSPS) is 14.1. The Bertz CT molecular complexity index is 2110. The number of pyridine rings is 1. The molecule has 0 spiro atoms. The van der Waals surface area contributed by atoms with Gasteiger partial charge in [0.05, 0.1) is 35.6 Å². The summed E-state index contributed by atoms with van der Waals surface area (Å²) < 4.78 is 37.9. The molecule has 0 radical (unpaired) electrons. The number of ether oxygens (including phenoxy) is 1. The molecule has 1 aliphatic rings. The van der Waals surface area contributed by atoms with Gasteiger partial charge in [-0.3, -0.25) is 19.0 Å². The SMILES string of the molecule is CCCOc1ccc(S(=O)(=O)N2CCN(CC)CC2)cc1-c1nc2c(CC)n(-c3ccccn3)nc2c(=O)n1C.O=C(O)CC(O)(CC(=O)O)C(=O)O. The second-order valence-electron chi connectivity index (χ2n) is 12.2. The molecule has 0 bridgehead atoms. The number of aliphatic hydroxyl groups is 1. The van der Waals surface area contributed by atoms with E-state index in [1.807, 2.05) is 32.0 Å². The number of fused-ring (bicyclic) bond motifs is 1. The third-order valence-electron chi connectivity index (χ3n) is 8.55. The van der Waals surface area contributed by atoms with E-state index < -0.39 is 46.4 Å². The zero-order valence-corrected chi connectivity index (χ0v) is 30.6. The Hall–Kier alpha value is -5.24. The molecule has 1 saturated heterocycles. The van der Waals surface area contributed by atoms with Crippen LogP contribution in [0.1, 0.15) is 45.7 Å². The molecule has 0 saturated carbocycles. The highest BCUT2D eigenvalue weighted by atomic mass is 32.2. The molecule has 1 aromatic carbocycles. The van der Waals surface area contributed by atoms with Gasteiger partial charge in [0.2, 0.25) is 10.0 Å². The molecule has 1 fully saturated rings. The Morgan fingerprint density at radius 1 is 0.943 bits per heavy atom. The van der Waals surface area contributed by atoms with Crippen LogP contribution in [0.2, 0.25) is 0 Å². The van der Waals surface area contributed by atoms with Crippen LogP contribution in [0.4, 0.5) is 0 Å². The molecule has 1 aliphatic heterocycles. The topological polar surface area (TPSA) is 248 Å². The van der Waals surface area contributed by atoms with Gasteiger partial charge in [0.15, 0.2) is 16.9 Å². The molecule has 4 aromatic rings. The highest BCUT2D eigenvalue weighted by molar-refractivity contribution is 7.89. The summed E-state index contributed by atoms with van der Waals surface area (Å²) in [7, 11) is -2.15. The van der Waals surface area contributed by atoms with Gasteiger partial charge >= 0.3 is 17.9 Å². The van der Waals surface area contributed by atoms with E-state index in [4.69, 9.17) is 30.1 Å². The molecule has 5 rings (SSSR count). The predicted molar refractivity (Wildman–Crippen MR) is 190 cm³/mol. The van der Waals surface area contributed by atoms with E-state index in [-0.39, 0.29) is 16.0 Å². The van der Waals surface area contributed by atoms with Crippen molar-refractivity contribution in [2.24, 2.45) is 7.05 Å². The van der Waals surface area contributed by atoms with Crippen molar-refractivity contribution in [2.75, 3.05) is 39.3 Å². The van der Waals surface area contributed by atoms with Gasteiger partial charge in [0, 0.05) is 39.4 Å². The molecule has 18 nitrogen and oxygen atoms in total. The highest BCUT2D eigenvalue weighted by Gasteiger charge is 2.41. The van der Waals surface area contributed by atoms with E-state index in [1.165, 1.54) is 8.87 Å². The van der Waals surface area contributed by atoms with E-state index in [0.29, 0.717) is 67.7 Å². The second-order valence-corrected chi connectivity index (χ2v) is 14.2. The summed E-state index contributed by atoms with van der Waals surface area (Å²) in [5.74, 6) is -3.65. The summed E-state index contributed by atoms with van der Waals surface area (Å²) in [6, 6.07) is 10.3. The van der Waals surface area contributed by atoms with Crippen LogP contribution in [-0.4, -0.2) is 125 Å². The van der Waals surface area contributed by atoms with Crippen LogP contribution in [-0.2, 0) is 37.9 Å². The summed E-state index contributed by atoms with van der Waals surface area (Å²) in [5, 5.41) is 38.4. The number of hydrogen-bond acceptors (Lipinski definition) is 12. The van der Waals surface area contributed by atoms with Crippen molar-refractivity contribution in [2.45, 2.75) is 57.0 Å². The average molecular weight is 758 g/mol. The number of aromatic nitrogens is 5. The van der Waals surface area contributed by atoms with E-state index >= 15 is 0 Å². The number of aryl methyl sites for hydroxylation is 1. The van der Waals surface area contributed by atoms with Crippen molar-refractivity contribution < 1.29 is 48.0 Å². The van der Waals surface area contributed by atoms with Gasteiger partial charge in [0.25, 0.3) is 5.56 Å². The average Bonchev–Trinajstić information content (AvgIpc) is 3.51. The maximum atomic E-state index is 13.7. The fourth-order valence-corrected chi connectivity index (χ4v) is 7.15. The van der Waals surface area contributed by atoms with Crippen molar-refractivity contribution >= 4 is 39.0 Å². The number of benzene rings is 1. The van der Waals surface area contributed by atoms with Crippen LogP contribution in [0.3, 0.4) is 0 Å². The Morgan fingerprint density at radius 3 is 2.13 bits per heavy atom. The van der Waals surface area contributed by atoms with Crippen LogP contribution in [0, 0.1) is 0 Å². The monoisotopic (exact) mass is 757 g/mol. The lowest BCUT2D eigenvalue weighted by Crippen LogP contribution is -2.48.